The Morgan fingerprint density at radius 3 is 2.56 bits per heavy atom. The fourth-order valence-electron chi connectivity index (χ4n) is 5.39. The zero-order chi connectivity index (χ0) is 24.3. The van der Waals surface area contributed by atoms with Crippen molar-refractivity contribution in [1.82, 2.24) is 0 Å². The molecule has 1 aromatic heterocycles. The van der Waals surface area contributed by atoms with Gasteiger partial charge in [-0.3, -0.25) is 4.90 Å². The molecule has 3 fully saturated rings. The van der Waals surface area contributed by atoms with Crippen LogP contribution < -0.4 is 26.6 Å². The van der Waals surface area contributed by atoms with Gasteiger partial charge in [0.2, 0.25) is 0 Å². The highest BCUT2D eigenvalue weighted by Crippen LogP contribution is 2.36. The van der Waals surface area contributed by atoms with Crippen molar-refractivity contribution < 1.29 is 35.7 Å². The summed E-state index contributed by atoms with van der Waals surface area (Å²) in [6.45, 7) is 7.33. The van der Waals surface area contributed by atoms with E-state index < -0.39 is 0 Å². The largest absolute Gasteiger partial charge is 1.00 e. The first-order valence-corrected chi connectivity index (χ1v) is 13.9. The molecule has 1 amide bonds. The number of benzene rings is 2. The summed E-state index contributed by atoms with van der Waals surface area (Å²) in [7, 11) is 0. The van der Waals surface area contributed by atoms with Crippen LogP contribution in [-0.2, 0) is 11.3 Å². The van der Waals surface area contributed by atoms with E-state index in [1.165, 1.54) is 0 Å². The number of amides is 1. The number of para-hydroxylation sites is 1. The Morgan fingerprint density at radius 2 is 1.86 bits per heavy atom. The van der Waals surface area contributed by atoms with Crippen LogP contribution in [0, 0.1) is 12.8 Å². The highest BCUT2D eigenvalue weighted by molar-refractivity contribution is 9.11. The molecule has 3 aromatic rings. The number of fused-ring (bicyclic) bond motifs is 3. The third kappa shape index (κ3) is 6.52. The Morgan fingerprint density at radius 1 is 1.08 bits per heavy atom. The maximum atomic E-state index is 13.6. The molecule has 2 aromatic carbocycles. The van der Waals surface area contributed by atoms with E-state index in [-0.39, 0.29) is 29.2 Å². The maximum absolute atomic E-state index is 13.6. The number of anilines is 1. The van der Waals surface area contributed by atoms with Crippen molar-refractivity contribution in [3.05, 3.63) is 81.0 Å². The van der Waals surface area contributed by atoms with Crippen LogP contribution in [0.25, 0.3) is 0 Å². The minimum Gasteiger partial charge on any atom is -1.00 e. The van der Waals surface area contributed by atoms with Gasteiger partial charge in [0.15, 0.2) is 6.10 Å². The van der Waals surface area contributed by atoms with Crippen LogP contribution in [0.3, 0.4) is 0 Å². The van der Waals surface area contributed by atoms with E-state index in [9.17, 15) is 4.79 Å². The molecule has 3 aliphatic heterocycles. The van der Waals surface area contributed by atoms with Crippen LogP contribution in [0.15, 0.2) is 70.5 Å². The van der Waals surface area contributed by atoms with Crippen molar-refractivity contribution in [2.45, 2.75) is 32.4 Å². The van der Waals surface area contributed by atoms with Crippen LogP contribution in [-0.4, -0.2) is 49.5 Å². The van der Waals surface area contributed by atoms with Gasteiger partial charge >= 0.3 is 6.09 Å². The van der Waals surface area contributed by atoms with Crippen LogP contribution in [0.1, 0.15) is 23.3 Å². The number of carbonyl (C=O) groups excluding carboxylic acids is 1. The van der Waals surface area contributed by atoms with Gasteiger partial charge < -0.3 is 30.9 Å². The molecule has 5 nitrogen and oxygen atoms in total. The molecule has 3 saturated heterocycles. The van der Waals surface area contributed by atoms with Crippen LogP contribution >= 0.6 is 27.3 Å². The van der Waals surface area contributed by atoms with Crippen molar-refractivity contribution in [2.24, 2.45) is 5.92 Å². The van der Waals surface area contributed by atoms with Gasteiger partial charge in [0.05, 0.1) is 23.4 Å². The number of rotatable bonds is 8. The van der Waals surface area contributed by atoms with Gasteiger partial charge in [-0.25, -0.2) is 4.79 Å². The molecule has 36 heavy (non-hydrogen) atoms. The molecule has 192 valence electrons. The predicted octanol–water partition coefficient (Wildman–Crippen LogP) is 3.65. The number of carbonyl (C=O) groups is 1. The minimum absolute atomic E-state index is 0. The quantitative estimate of drug-likeness (QED) is 0.355. The topological polar surface area (TPSA) is 38.8 Å². The Balaban J connectivity index is 0.00000304. The summed E-state index contributed by atoms with van der Waals surface area (Å²) in [5, 5.41) is 0. The molecule has 6 rings (SSSR count). The van der Waals surface area contributed by atoms with Crippen molar-refractivity contribution >= 4 is 39.0 Å². The van der Waals surface area contributed by atoms with Gasteiger partial charge in [-0.15, -0.1) is 11.3 Å². The van der Waals surface area contributed by atoms with Crippen molar-refractivity contribution in [1.29, 1.82) is 0 Å². The van der Waals surface area contributed by atoms with E-state index in [4.69, 9.17) is 9.47 Å². The first kappa shape index (κ1) is 27.2. The van der Waals surface area contributed by atoms with Crippen LogP contribution in [0.5, 0.6) is 5.75 Å². The zero-order valence-corrected chi connectivity index (χ0v) is 24.4. The Labute approximate surface area is 236 Å². The number of hydrogen-bond acceptors (Lipinski definition) is 4. The molecule has 0 N–H and O–H groups in total. The lowest BCUT2D eigenvalue weighted by molar-refractivity contribution is -0.946. The monoisotopic (exact) mass is 634 g/mol. The molecular formula is C28H32Br2N2O3S. The number of halogens is 2. The number of hydrogen-bond donors (Lipinski definition) is 0. The van der Waals surface area contributed by atoms with E-state index in [2.05, 4.69) is 28.1 Å². The summed E-state index contributed by atoms with van der Waals surface area (Å²) in [6.07, 6.45) is 1.90. The second kappa shape index (κ2) is 12.1. The van der Waals surface area contributed by atoms with Gasteiger partial charge in [0.25, 0.3) is 0 Å². The average molecular weight is 636 g/mol. The summed E-state index contributed by atoms with van der Waals surface area (Å²) >= 11 is 5.19. The number of quaternary nitrogens is 1. The minimum atomic E-state index is -0.252. The van der Waals surface area contributed by atoms with E-state index in [1.807, 2.05) is 61.5 Å². The third-order valence-corrected chi connectivity index (χ3v) is 8.96. The molecule has 0 saturated carbocycles. The highest BCUT2D eigenvalue weighted by Gasteiger charge is 2.48. The molecule has 0 spiro atoms. The number of ether oxygens (including phenoxy) is 2. The molecule has 4 heterocycles. The number of piperidine rings is 3. The summed E-state index contributed by atoms with van der Waals surface area (Å²) in [6, 6.07) is 22.2. The van der Waals surface area contributed by atoms with Gasteiger partial charge in [-0.05, 0) is 64.8 Å². The lowest BCUT2D eigenvalue weighted by Gasteiger charge is -2.52. The normalized spacial score (nSPS) is 22.5. The fraction of sp³-hybridized carbons (Fsp3) is 0.393. The van der Waals surface area contributed by atoms with E-state index in [0.29, 0.717) is 19.1 Å². The Kier molecular flexibility index (Phi) is 9.15. The van der Waals surface area contributed by atoms with Crippen molar-refractivity contribution in [3.63, 3.8) is 0 Å². The molecule has 0 aliphatic carbocycles. The summed E-state index contributed by atoms with van der Waals surface area (Å²) in [5.41, 5.74) is 2.00. The summed E-state index contributed by atoms with van der Waals surface area (Å²) < 4.78 is 14.3. The molecule has 1 atom stereocenters. The van der Waals surface area contributed by atoms with Gasteiger partial charge in [0, 0.05) is 29.3 Å². The number of nitrogens with zero attached hydrogens (tertiary/aromatic N) is 2. The van der Waals surface area contributed by atoms with Crippen LogP contribution in [0.4, 0.5) is 10.5 Å². The van der Waals surface area contributed by atoms with Gasteiger partial charge in [-0.1, -0.05) is 30.3 Å². The SMILES string of the molecule is Cc1cccc(N(Cc2ccc(Br)s2)C(=O)O[C@H]2C[N+]3(CCOc4ccccc4)CCC2CC3)c1.[Br-]. The lowest BCUT2D eigenvalue weighted by Crippen LogP contribution is -3.00. The molecule has 0 radical (unpaired) electrons. The fourth-order valence-corrected chi connectivity index (χ4v) is 6.86. The standard InChI is InChI=1S/C28H32BrN2O3S.BrH/c1-21-6-5-7-23(18-21)30(19-25-10-11-27(29)35-25)28(32)34-26-20-31(14-12-22(26)13-15-31)16-17-33-24-8-3-2-4-9-24;/h2-11,18,22,26H,12-17,19-20H2,1H3;1H/q+1;/p-1/t22?,26-,31?;/m0./s1. The second-order valence-corrected chi connectivity index (χ2v) is 12.3. The summed E-state index contributed by atoms with van der Waals surface area (Å²) in [4.78, 5) is 16.5. The zero-order valence-electron chi connectivity index (χ0n) is 20.4. The first-order chi connectivity index (χ1) is 17.0. The van der Waals surface area contributed by atoms with Crippen molar-refractivity contribution in [2.75, 3.05) is 37.7 Å². The van der Waals surface area contributed by atoms with Gasteiger partial charge in [0.1, 0.15) is 25.4 Å². The summed E-state index contributed by atoms with van der Waals surface area (Å²) in [5.74, 6) is 1.36. The molecule has 3 aliphatic rings. The lowest BCUT2D eigenvalue weighted by atomic mass is 9.83. The molecule has 2 bridgehead atoms. The highest BCUT2D eigenvalue weighted by atomic mass is 79.9. The van der Waals surface area contributed by atoms with E-state index >= 15 is 0 Å². The third-order valence-electron chi connectivity index (χ3n) is 7.35. The Hall–Kier alpha value is -1.87. The molecule has 8 heteroatoms. The van der Waals surface area contributed by atoms with Gasteiger partial charge in [-0.2, -0.15) is 0 Å². The molecular weight excluding hydrogens is 604 g/mol. The number of aryl methyl sites for hydroxylation is 1. The smallest absolute Gasteiger partial charge is 0.415 e. The van der Waals surface area contributed by atoms with E-state index in [0.717, 1.165) is 69.2 Å². The van der Waals surface area contributed by atoms with E-state index in [1.54, 1.807) is 16.2 Å². The van der Waals surface area contributed by atoms with Crippen molar-refractivity contribution in [3.8, 4) is 5.75 Å². The predicted molar refractivity (Wildman–Crippen MR) is 144 cm³/mol. The van der Waals surface area contributed by atoms with Crippen LogP contribution in [0.2, 0.25) is 0 Å². The number of thiophene rings is 1. The maximum Gasteiger partial charge on any atom is 0.415 e. The Bertz CT molecular complexity index is 1150. The second-order valence-electron chi connectivity index (χ2n) is 9.75. The molecule has 0 unspecified atom stereocenters. The average Bonchev–Trinajstić information content (AvgIpc) is 3.28. The first-order valence-electron chi connectivity index (χ1n) is 12.3.